The molecular weight excluding hydrogens is 260 g/mol. The molecule has 2 aromatic carbocycles. The molecule has 0 aromatic heterocycles. The zero-order valence-corrected chi connectivity index (χ0v) is 12.5. The first-order valence-electron chi connectivity index (χ1n) is 7.56. The van der Waals surface area contributed by atoms with E-state index in [1.807, 2.05) is 55.5 Å². The molecule has 1 unspecified atom stereocenters. The van der Waals surface area contributed by atoms with Gasteiger partial charge in [0.25, 0.3) is 0 Å². The minimum absolute atomic E-state index is 0.0813. The highest BCUT2D eigenvalue weighted by atomic mass is 16.5. The van der Waals surface area contributed by atoms with E-state index in [2.05, 4.69) is 12.1 Å². The Labute approximate surface area is 126 Å². The molecule has 2 aromatic rings. The van der Waals surface area contributed by atoms with Crippen LogP contribution in [-0.4, -0.2) is 18.5 Å². The van der Waals surface area contributed by atoms with Crippen molar-refractivity contribution >= 4 is 5.78 Å². The minimum Gasteiger partial charge on any atom is -0.370 e. The summed E-state index contributed by atoms with van der Waals surface area (Å²) in [6, 6.07) is 19.7. The number of carbonyl (C=O) groups is 1. The summed E-state index contributed by atoms with van der Waals surface area (Å²) < 4.78 is 5.78. The van der Waals surface area contributed by atoms with Crippen molar-refractivity contribution in [1.82, 2.24) is 0 Å². The summed E-state index contributed by atoms with van der Waals surface area (Å²) in [5, 5.41) is 0. The summed E-state index contributed by atoms with van der Waals surface area (Å²) in [5.74, 6) is 0.0813. The van der Waals surface area contributed by atoms with E-state index in [0.29, 0.717) is 13.0 Å². The number of aryl methyl sites for hydroxylation is 1. The third kappa shape index (κ3) is 4.83. The highest BCUT2D eigenvalue weighted by Gasteiger charge is 2.18. The molecule has 0 spiro atoms. The summed E-state index contributed by atoms with van der Waals surface area (Å²) >= 11 is 0. The van der Waals surface area contributed by atoms with Gasteiger partial charge in [-0.1, -0.05) is 67.6 Å². The first-order chi connectivity index (χ1) is 10.3. The quantitative estimate of drug-likeness (QED) is 0.533. The molecule has 2 nitrogen and oxygen atoms in total. The molecule has 0 saturated carbocycles. The number of ketones is 1. The summed E-state index contributed by atoms with van der Waals surface area (Å²) in [5.41, 5.74) is 2.04. The lowest BCUT2D eigenvalue weighted by Crippen LogP contribution is -2.24. The van der Waals surface area contributed by atoms with E-state index in [1.165, 1.54) is 5.56 Å². The Balaban J connectivity index is 1.79. The molecular formula is C19H22O2. The predicted octanol–water partition coefficient (Wildman–Crippen LogP) is 4.30. The Morgan fingerprint density at radius 3 is 2.24 bits per heavy atom. The van der Waals surface area contributed by atoms with E-state index in [9.17, 15) is 4.79 Å². The van der Waals surface area contributed by atoms with Crippen molar-refractivity contribution in [1.29, 1.82) is 0 Å². The van der Waals surface area contributed by atoms with Gasteiger partial charge in [0.05, 0.1) is 0 Å². The first kappa shape index (κ1) is 15.5. The van der Waals surface area contributed by atoms with Crippen LogP contribution in [0.1, 0.15) is 35.7 Å². The van der Waals surface area contributed by atoms with Crippen molar-refractivity contribution in [2.24, 2.45) is 0 Å². The van der Waals surface area contributed by atoms with E-state index in [1.54, 1.807) is 0 Å². The van der Waals surface area contributed by atoms with Crippen LogP contribution in [0.3, 0.4) is 0 Å². The van der Waals surface area contributed by atoms with Gasteiger partial charge in [-0.15, -0.1) is 0 Å². The van der Waals surface area contributed by atoms with Gasteiger partial charge in [0, 0.05) is 12.2 Å². The van der Waals surface area contributed by atoms with Crippen molar-refractivity contribution < 1.29 is 9.53 Å². The smallest absolute Gasteiger partial charge is 0.191 e. The molecule has 0 amide bonds. The molecule has 0 radical (unpaired) electrons. The molecule has 2 heteroatoms. The maximum Gasteiger partial charge on any atom is 0.191 e. The lowest BCUT2D eigenvalue weighted by atomic mass is 10.0. The monoisotopic (exact) mass is 282 g/mol. The van der Waals surface area contributed by atoms with Crippen molar-refractivity contribution in [3.8, 4) is 0 Å². The Kier molecular flexibility index (Phi) is 6.17. The highest BCUT2D eigenvalue weighted by molar-refractivity contribution is 5.99. The zero-order chi connectivity index (χ0) is 14.9. The largest absolute Gasteiger partial charge is 0.370 e. The number of benzene rings is 2. The second kappa shape index (κ2) is 8.38. The van der Waals surface area contributed by atoms with E-state index < -0.39 is 0 Å². The summed E-state index contributed by atoms with van der Waals surface area (Å²) in [7, 11) is 0. The van der Waals surface area contributed by atoms with Gasteiger partial charge in [-0.2, -0.15) is 0 Å². The number of hydrogen-bond acceptors (Lipinski definition) is 2. The molecule has 0 bridgehead atoms. The minimum atomic E-state index is -0.330. The molecule has 0 saturated heterocycles. The lowest BCUT2D eigenvalue weighted by Gasteiger charge is -2.15. The standard InChI is InChI=1S/C19H22O2/c1-2-18(19(20)17-13-7-4-8-14-17)21-15-9-12-16-10-5-3-6-11-16/h3-8,10-11,13-14,18H,2,9,12,15H2,1H3. The maximum atomic E-state index is 12.3. The van der Waals surface area contributed by atoms with Crippen LogP contribution in [-0.2, 0) is 11.2 Å². The van der Waals surface area contributed by atoms with E-state index in [4.69, 9.17) is 4.74 Å². The number of rotatable bonds is 8. The van der Waals surface area contributed by atoms with Crippen LogP contribution in [0, 0.1) is 0 Å². The third-order valence-electron chi connectivity index (χ3n) is 3.49. The average Bonchev–Trinajstić information content (AvgIpc) is 2.56. The van der Waals surface area contributed by atoms with E-state index in [-0.39, 0.29) is 11.9 Å². The fourth-order valence-corrected chi connectivity index (χ4v) is 2.31. The Hall–Kier alpha value is -1.93. The SMILES string of the molecule is CCC(OCCCc1ccccc1)C(=O)c1ccccc1. The molecule has 1 atom stereocenters. The fourth-order valence-electron chi connectivity index (χ4n) is 2.31. The second-order valence-corrected chi connectivity index (χ2v) is 5.09. The normalized spacial score (nSPS) is 12.0. The van der Waals surface area contributed by atoms with Crippen LogP contribution in [0.2, 0.25) is 0 Å². The topological polar surface area (TPSA) is 26.3 Å². The number of ether oxygens (including phenoxy) is 1. The van der Waals surface area contributed by atoms with Crippen LogP contribution in [0.15, 0.2) is 60.7 Å². The average molecular weight is 282 g/mol. The first-order valence-corrected chi connectivity index (χ1v) is 7.56. The number of hydrogen-bond donors (Lipinski definition) is 0. The van der Waals surface area contributed by atoms with Crippen molar-refractivity contribution in [3.05, 3.63) is 71.8 Å². The molecule has 2 rings (SSSR count). The Morgan fingerprint density at radius 1 is 1.00 bits per heavy atom. The van der Waals surface area contributed by atoms with Crippen LogP contribution in [0.5, 0.6) is 0 Å². The van der Waals surface area contributed by atoms with Crippen molar-refractivity contribution in [3.63, 3.8) is 0 Å². The van der Waals surface area contributed by atoms with Crippen LogP contribution in [0.4, 0.5) is 0 Å². The number of carbonyl (C=O) groups excluding carboxylic acids is 1. The van der Waals surface area contributed by atoms with Crippen molar-refractivity contribution in [2.75, 3.05) is 6.61 Å². The molecule has 21 heavy (non-hydrogen) atoms. The summed E-state index contributed by atoms with van der Waals surface area (Å²) in [6.07, 6.45) is 2.29. The molecule has 110 valence electrons. The molecule has 0 fully saturated rings. The Morgan fingerprint density at radius 2 is 1.62 bits per heavy atom. The van der Waals surface area contributed by atoms with Gasteiger partial charge in [-0.05, 0) is 24.8 Å². The summed E-state index contributed by atoms with van der Waals surface area (Å²) in [6.45, 7) is 2.61. The van der Waals surface area contributed by atoms with Gasteiger partial charge in [-0.25, -0.2) is 0 Å². The maximum absolute atomic E-state index is 12.3. The second-order valence-electron chi connectivity index (χ2n) is 5.09. The van der Waals surface area contributed by atoms with Crippen molar-refractivity contribution in [2.45, 2.75) is 32.3 Å². The predicted molar refractivity (Wildman–Crippen MR) is 85.6 cm³/mol. The third-order valence-corrected chi connectivity index (χ3v) is 3.49. The van der Waals surface area contributed by atoms with E-state index >= 15 is 0 Å². The molecule has 0 aliphatic carbocycles. The fraction of sp³-hybridized carbons (Fsp3) is 0.316. The van der Waals surface area contributed by atoms with Gasteiger partial charge in [0.1, 0.15) is 6.10 Å². The van der Waals surface area contributed by atoms with Crippen LogP contribution in [0.25, 0.3) is 0 Å². The van der Waals surface area contributed by atoms with E-state index in [0.717, 1.165) is 18.4 Å². The van der Waals surface area contributed by atoms with Gasteiger partial charge in [0.2, 0.25) is 0 Å². The highest BCUT2D eigenvalue weighted by Crippen LogP contribution is 2.10. The van der Waals surface area contributed by atoms with Gasteiger partial charge < -0.3 is 4.74 Å². The zero-order valence-electron chi connectivity index (χ0n) is 12.5. The number of Topliss-reactive ketones (excluding diaryl/α,β-unsaturated/α-hetero) is 1. The Bertz CT molecular complexity index is 534. The van der Waals surface area contributed by atoms with Crippen LogP contribution >= 0.6 is 0 Å². The molecule has 0 N–H and O–H groups in total. The molecule has 0 aliphatic rings. The summed E-state index contributed by atoms with van der Waals surface area (Å²) in [4.78, 5) is 12.3. The van der Waals surface area contributed by atoms with Gasteiger partial charge >= 0.3 is 0 Å². The van der Waals surface area contributed by atoms with Crippen LogP contribution < -0.4 is 0 Å². The van der Waals surface area contributed by atoms with Gasteiger partial charge in [-0.3, -0.25) is 4.79 Å². The molecule has 0 aliphatic heterocycles. The lowest BCUT2D eigenvalue weighted by molar-refractivity contribution is 0.0389. The molecule has 0 heterocycles. The van der Waals surface area contributed by atoms with Gasteiger partial charge in [0.15, 0.2) is 5.78 Å².